The van der Waals surface area contributed by atoms with Crippen LogP contribution in [0.15, 0.2) is 22.4 Å². The van der Waals surface area contributed by atoms with Crippen molar-refractivity contribution in [3.05, 3.63) is 12.5 Å². The van der Waals surface area contributed by atoms with Crippen molar-refractivity contribution in [1.29, 1.82) is 0 Å². The maximum Gasteiger partial charge on any atom is 0.226 e. The smallest absolute Gasteiger partial charge is 0.226 e. The van der Waals surface area contributed by atoms with Crippen molar-refractivity contribution in [2.75, 3.05) is 19.7 Å². The average Bonchev–Trinajstić information content (AvgIpc) is 2.87. The quantitative estimate of drug-likeness (QED) is 0.334. The van der Waals surface area contributed by atoms with E-state index in [1.54, 1.807) is 6.92 Å². The summed E-state index contributed by atoms with van der Waals surface area (Å²) in [5, 5.41) is 3.12. The van der Waals surface area contributed by atoms with E-state index < -0.39 is 0 Å². The normalized spacial score (nSPS) is 24.2. The second-order valence-electron chi connectivity index (χ2n) is 7.14. The largest absolute Gasteiger partial charge is 0.478 e. The molecular weight excluding hydrogens is 314 g/mol. The molecule has 0 aromatic heterocycles. The molecule has 1 atom stereocenters. The first kappa shape index (κ1) is 19.8. The van der Waals surface area contributed by atoms with E-state index in [1.807, 2.05) is 0 Å². The highest BCUT2D eigenvalue weighted by atomic mass is 16.5. The highest BCUT2D eigenvalue weighted by Crippen LogP contribution is 2.20. The fourth-order valence-electron chi connectivity index (χ4n) is 3.67. The molecule has 1 heterocycles. The molecule has 6 heteroatoms. The van der Waals surface area contributed by atoms with E-state index in [2.05, 4.69) is 28.7 Å². The molecule has 2 fully saturated rings. The number of rotatable bonds is 6. The lowest BCUT2D eigenvalue weighted by Crippen LogP contribution is -2.34. The van der Waals surface area contributed by atoms with Gasteiger partial charge in [0.15, 0.2) is 5.88 Å². The molecule has 2 aliphatic rings. The molecule has 142 valence electrons. The number of amidine groups is 1. The highest BCUT2D eigenvalue weighted by molar-refractivity contribution is 5.94. The van der Waals surface area contributed by atoms with Gasteiger partial charge in [0.05, 0.1) is 11.9 Å². The number of nitrogens with zero attached hydrogens (tertiary/aromatic N) is 3. The molecule has 2 rings (SSSR count). The Kier molecular flexibility index (Phi) is 8.25. The monoisotopic (exact) mass is 349 g/mol. The molecule has 0 aromatic carbocycles. The van der Waals surface area contributed by atoms with Gasteiger partial charge in [0.2, 0.25) is 5.96 Å². The van der Waals surface area contributed by atoms with E-state index in [0.29, 0.717) is 36.4 Å². The fourth-order valence-corrected chi connectivity index (χ4v) is 3.67. The number of ether oxygens (including phenoxy) is 1. The van der Waals surface area contributed by atoms with Crippen molar-refractivity contribution < 1.29 is 4.74 Å². The number of guanidine groups is 1. The number of hydrogen-bond acceptors (Lipinski definition) is 3. The standard InChI is InChI=1S/C19H35N5O/c1-4-24-13-9-12-18(24)14-25-16(3)22-19(21-15(2)20)23-17-10-7-5-6-8-11-17/h17-18H,3-14H2,1-2H3,(H3,20,21,22,23). The van der Waals surface area contributed by atoms with Gasteiger partial charge in [0.1, 0.15) is 6.61 Å². The molecule has 0 bridgehead atoms. The van der Waals surface area contributed by atoms with Gasteiger partial charge in [0.25, 0.3) is 0 Å². The van der Waals surface area contributed by atoms with Crippen molar-refractivity contribution >= 4 is 11.8 Å². The summed E-state index contributed by atoms with van der Waals surface area (Å²) in [6.45, 7) is 10.8. The predicted octanol–water partition coefficient (Wildman–Crippen LogP) is 3.00. The Balaban J connectivity index is 1.89. The molecule has 3 N–H and O–H groups in total. The first-order chi connectivity index (χ1) is 12.1. The fraction of sp³-hybridized carbons (Fsp3) is 0.789. The molecule has 1 unspecified atom stereocenters. The number of likely N-dealkylation sites (tertiary alicyclic amines) is 1. The predicted molar refractivity (Wildman–Crippen MR) is 105 cm³/mol. The number of nitrogens with one attached hydrogen (secondary N) is 1. The first-order valence-corrected chi connectivity index (χ1v) is 9.79. The third kappa shape index (κ3) is 7.06. The molecule has 0 aromatic rings. The van der Waals surface area contributed by atoms with E-state index in [1.165, 1.54) is 38.5 Å². The maximum absolute atomic E-state index is 5.85. The Hall–Kier alpha value is -1.56. The Morgan fingerprint density at radius 3 is 2.56 bits per heavy atom. The average molecular weight is 350 g/mol. The molecule has 1 aliphatic carbocycles. The summed E-state index contributed by atoms with van der Waals surface area (Å²) in [4.78, 5) is 11.6. The number of aliphatic imine (C=N–C) groups is 2. The van der Waals surface area contributed by atoms with Crippen molar-refractivity contribution in [3.8, 4) is 0 Å². The van der Waals surface area contributed by atoms with Gasteiger partial charge in [-0.05, 0) is 52.3 Å². The number of nitrogens with two attached hydrogens (primary N) is 1. The van der Waals surface area contributed by atoms with Crippen molar-refractivity contribution in [2.45, 2.75) is 77.3 Å². The Bertz CT molecular complexity index is 476. The van der Waals surface area contributed by atoms with Crippen LogP contribution >= 0.6 is 0 Å². The van der Waals surface area contributed by atoms with Crippen molar-refractivity contribution in [2.24, 2.45) is 15.7 Å². The molecule has 0 amide bonds. The summed E-state index contributed by atoms with van der Waals surface area (Å²) >= 11 is 0. The second kappa shape index (κ2) is 10.4. The second-order valence-corrected chi connectivity index (χ2v) is 7.14. The van der Waals surface area contributed by atoms with Crippen LogP contribution < -0.4 is 11.1 Å². The molecule has 1 saturated carbocycles. The summed E-state index contributed by atoms with van der Waals surface area (Å²) < 4.78 is 5.85. The molecular formula is C19H35N5O. The van der Waals surface area contributed by atoms with E-state index >= 15 is 0 Å². The van der Waals surface area contributed by atoms with E-state index in [0.717, 1.165) is 25.9 Å². The summed E-state index contributed by atoms with van der Waals surface area (Å²) in [5.74, 6) is 1.51. The molecule has 1 aliphatic heterocycles. The van der Waals surface area contributed by atoms with Crippen LogP contribution in [0.4, 0.5) is 0 Å². The Morgan fingerprint density at radius 2 is 1.92 bits per heavy atom. The maximum atomic E-state index is 5.85. The van der Waals surface area contributed by atoms with Gasteiger partial charge >= 0.3 is 0 Å². The zero-order valence-electron chi connectivity index (χ0n) is 16.0. The van der Waals surface area contributed by atoms with Crippen LogP contribution in [-0.4, -0.2) is 48.5 Å². The lowest BCUT2D eigenvalue weighted by Gasteiger charge is -2.23. The Morgan fingerprint density at radius 1 is 1.20 bits per heavy atom. The van der Waals surface area contributed by atoms with Gasteiger partial charge in [-0.2, -0.15) is 0 Å². The van der Waals surface area contributed by atoms with Crippen LogP contribution in [0.2, 0.25) is 0 Å². The summed E-state index contributed by atoms with van der Waals surface area (Å²) in [6, 6.07) is 0.789. The molecule has 0 radical (unpaired) electrons. The topological polar surface area (TPSA) is 75.2 Å². The summed E-state index contributed by atoms with van der Waals surface area (Å²) in [7, 11) is 0. The van der Waals surface area contributed by atoms with Gasteiger partial charge in [-0.25, -0.2) is 9.98 Å². The third-order valence-electron chi connectivity index (χ3n) is 5.02. The zero-order chi connectivity index (χ0) is 18.1. The molecule has 1 saturated heterocycles. The van der Waals surface area contributed by atoms with Crippen LogP contribution in [-0.2, 0) is 4.74 Å². The third-order valence-corrected chi connectivity index (χ3v) is 5.02. The molecule has 25 heavy (non-hydrogen) atoms. The van der Waals surface area contributed by atoms with Gasteiger partial charge in [-0.15, -0.1) is 0 Å². The summed E-state index contributed by atoms with van der Waals surface area (Å²) in [5.41, 5.74) is 5.77. The minimum absolute atomic E-state index is 0.311. The van der Waals surface area contributed by atoms with Crippen LogP contribution in [0.25, 0.3) is 0 Å². The van der Waals surface area contributed by atoms with E-state index in [4.69, 9.17) is 15.5 Å². The lowest BCUT2D eigenvalue weighted by molar-refractivity contribution is 0.122. The van der Waals surface area contributed by atoms with Crippen molar-refractivity contribution in [3.63, 3.8) is 0 Å². The van der Waals surface area contributed by atoms with Gasteiger partial charge in [-0.3, -0.25) is 10.2 Å². The van der Waals surface area contributed by atoms with Crippen LogP contribution in [0.1, 0.15) is 65.2 Å². The Labute approximate surface area is 152 Å². The van der Waals surface area contributed by atoms with E-state index in [9.17, 15) is 0 Å². The summed E-state index contributed by atoms with van der Waals surface area (Å²) in [6.07, 6.45) is 9.74. The minimum atomic E-state index is 0.311. The van der Waals surface area contributed by atoms with E-state index in [-0.39, 0.29) is 0 Å². The van der Waals surface area contributed by atoms with Crippen LogP contribution in [0.3, 0.4) is 0 Å². The first-order valence-electron chi connectivity index (χ1n) is 9.79. The van der Waals surface area contributed by atoms with Gasteiger partial charge in [-0.1, -0.05) is 32.6 Å². The van der Waals surface area contributed by atoms with Gasteiger partial charge in [0, 0.05) is 6.04 Å². The van der Waals surface area contributed by atoms with Gasteiger partial charge < -0.3 is 10.5 Å². The number of hydrogen-bond donors (Lipinski definition) is 2. The van der Waals surface area contributed by atoms with Crippen LogP contribution in [0.5, 0.6) is 0 Å². The SMILES string of the molecule is C=C(NC(=NC1CCCCCC1)/N=C(\C)N)OCC1CCCN1CC. The van der Waals surface area contributed by atoms with Crippen LogP contribution in [0, 0.1) is 0 Å². The molecule has 6 nitrogen and oxygen atoms in total. The highest BCUT2D eigenvalue weighted by Gasteiger charge is 2.23. The number of likely N-dealkylation sites (N-methyl/N-ethyl adjacent to an activating group) is 1. The zero-order valence-corrected chi connectivity index (χ0v) is 16.0. The lowest BCUT2D eigenvalue weighted by atomic mass is 10.1. The van der Waals surface area contributed by atoms with Crippen molar-refractivity contribution in [1.82, 2.24) is 10.2 Å². The minimum Gasteiger partial charge on any atom is -0.478 e. The molecule has 0 spiro atoms.